The molecular weight excluding hydrogens is 364 g/mol. The van der Waals surface area contributed by atoms with Gasteiger partial charge in [0.1, 0.15) is 11.5 Å². The van der Waals surface area contributed by atoms with Gasteiger partial charge in [0.05, 0.1) is 6.33 Å². The number of nitrogens with two attached hydrogens (primary N) is 1. The van der Waals surface area contributed by atoms with E-state index in [1.54, 1.807) is 29.2 Å². The van der Waals surface area contributed by atoms with Crippen LogP contribution in [0.25, 0.3) is 11.4 Å². The molecule has 0 bridgehead atoms. The van der Waals surface area contributed by atoms with E-state index in [1.165, 1.54) is 0 Å². The maximum absolute atomic E-state index is 12.9. The van der Waals surface area contributed by atoms with Crippen molar-refractivity contribution in [2.45, 2.75) is 6.92 Å². The average Bonchev–Trinajstić information content (AvgIpc) is 3.38. The summed E-state index contributed by atoms with van der Waals surface area (Å²) >= 11 is 0. The first-order valence-corrected chi connectivity index (χ1v) is 9.05. The molecule has 0 saturated carbocycles. The molecule has 0 saturated heterocycles. The molecule has 0 aliphatic rings. The number of nitrogen functional groups attached to an aromatic ring is 1. The first-order chi connectivity index (χ1) is 14.0. The molecule has 0 unspecified atom stereocenters. The summed E-state index contributed by atoms with van der Waals surface area (Å²) in [6, 6.07) is 16.6. The van der Waals surface area contributed by atoms with E-state index in [9.17, 15) is 4.79 Å². The summed E-state index contributed by atoms with van der Waals surface area (Å²) in [4.78, 5) is 17.0. The lowest BCUT2D eigenvalue weighted by Crippen LogP contribution is -2.16. The monoisotopic (exact) mass is 384 g/mol. The number of carbonyl (C=O) groups is 1. The van der Waals surface area contributed by atoms with Gasteiger partial charge in [0.2, 0.25) is 0 Å². The molecule has 7 nitrogen and oxygen atoms in total. The van der Waals surface area contributed by atoms with Gasteiger partial charge < -0.3 is 20.2 Å². The van der Waals surface area contributed by atoms with E-state index in [1.807, 2.05) is 66.3 Å². The highest BCUT2D eigenvalue weighted by Crippen LogP contribution is 2.19. The summed E-state index contributed by atoms with van der Waals surface area (Å²) in [6.45, 7) is 1.93. The normalized spacial score (nSPS) is 10.7. The van der Waals surface area contributed by atoms with E-state index < -0.39 is 0 Å². The fourth-order valence-electron chi connectivity index (χ4n) is 3.13. The minimum Gasteiger partial charge on any atom is -0.384 e. The Morgan fingerprint density at radius 2 is 1.90 bits per heavy atom. The van der Waals surface area contributed by atoms with Gasteiger partial charge in [-0.05, 0) is 55.0 Å². The van der Waals surface area contributed by atoms with Crippen LogP contribution >= 0.6 is 0 Å². The van der Waals surface area contributed by atoms with Crippen molar-refractivity contribution in [3.05, 3.63) is 96.3 Å². The Kier molecular flexibility index (Phi) is 4.70. The maximum atomic E-state index is 12.9. The molecule has 0 aliphatic carbocycles. The van der Waals surface area contributed by atoms with Crippen LogP contribution in [-0.4, -0.2) is 25.9 Å². The van der Waals surface area contributed by atoms with Crippen LogP contribution in [0.1, 0.15) is 21.6 Å². The van der Waals surface area contributed by atoms with Gasteiger partial charge in [0.15, 0.2) is 0 Å². The van der Waals surface area contributed by atoms with E-state index >= 15 is 0 Å². The molecule has 2 aromatic carbocycles. The molecule has 4 N–H and O–H groups in total. The number of hydrogen-bond donors (Lipinski definition) is 3. The van der Waals surface area contributed by atoms with Crippen LogP contribution in [0.5, 0.6) is 0 Å². The number of amidine groups is 1. The van der Waals surface area contributed by atoms with Crippen molar-refractivity contribution in [2.24, 2.45) is 5.73 Å². The number of anilines is 1. The third-order valence-corrected chi connectivity index (χ3v) is 4.55. The largest absolute Gasteiger partial charge is 0.384 e. The van der Waals surface area contributed by atoms with Crippen molar-refractivity contribution in [3.63, 3.8) is 0 Å². The number of hydrogen-bond acceptors (Lipinski definition) is 3. The Hall–Kier alpha value is -4.13. The number of carbonyl (C=O) groups excluding carboxylic acids is 1. The highest BCUT2D eigenvalue weighted by Gasteiger charge is 2.15. The number of aromatic nitrogens is 3. The molecule has 7 heteroatoms. The molecule has 0 fully saturated rings. The van der Waals surface area contributed by atoms with Crippen LogP contribution in [0.15, 0.2) is 79.5 Å². The van der Waals surface area contributed by atoms with E-state index in [0.717, 1.165) is 16.9 Å². The number of nitrogens with one attached hydrogen (secondary N) is 2. The molecule has 0 aliphatic heterocycles. The van der Waals surface area contributed by atoms with Crippen molar-refractivity contribution in [1.29, 1.82) is 5.41 Å². The first kappa shape index (κ1) is 18.2. The second-order valence-corrected chi connectivity index (χ2v) is 6.71. The first-order valence-electron chi connectivity index (χ1n) is 9.05. The topological polar surface area (TPSA) is 102 Å². The number of imidazole rings is 1. The van der Waals surface area contributed by atoms with Gasteiger partial charge in [0.25, 0.3) is 5.91 Å². The van der Waals surface area contributed by atoms with Gasteiger partial charge in [-0.15, -0.1) is 0 Å². The van der Waals surface area contributed by atoms with Crippen molar-refractivity contribution >= 4 is 17.4 Å². The second-order valence-electron chi connectivity index (χ2n) is 6.71. The quantitative estimate of drug-likeness (QED) is 0.362. The minimum atomic E-state index is -0.221. The predicted molar refractivity (Wildman–Crippen MR) is 113 cm³/mol. The lowest BCUT2D eigenvalue weighted by atomic mass is 10.2. The van der Waals surface area contributed by atoms with Crippen LogP contribution in [0.3, 0.4) is 0 Å². The Balaban J connectivity index is 1.60. The Morgan fingerprint density at radius 1 is 1.10 bits per heavy atom. The Morgan fingerprint density at radius 3 is 2.59 bits per heavy atom. The number of benzene rings is 2. The zero-order valence-corrected chi connectivity index (χ0v) is 15.8. The van der Waals surface area contributed by atoms with Gasteiger partial charge in [-0.1, -0.05) is 12.1 Å². The summed E-state index contributed by atoms with van der Waals surface area (Å²) in [5, 5.41) is 10.6. The molecule has 1 amide bonds. The predicted octanol–water partition coefficient (Wildman–Crippen LogP) is 3.51. The smallest absolute Gasteiger partial charge is 0.272 e. The maximum Gasteiger partial charge on any atom is 0.272 e. The van der Waals surface area contributed by atoms with Crippen LogP contribution in [0, 0.1) is 12.3 Å². The van der Waals surface area contributed by atoms with Gasteiger partial charge in [0, 0.05) is 41.2 Å². The van der Waals surface area contributed by atoms with E-state index in [0.29, 0.717) is 16.9 Å². The van der Waals surface area contributed by atoms with Gasteiger partial charge in [-0.25, -0.2) is 4.98 Å². The van der Waals surface area contributed by atoms with Crippen LogP contribution in [-0.2, 0) is 0 Å². The fraction of sp³-hybridized carbons (Fsp3) is 0.0455. The van der Waals surface area contributed by atoms with Crippen molar-refractivity contribution < 1.29 is 4.79 Å². The molecule has 4 rings (SSSR count). The van der Waals surface area contributed by atoms with E-state index in [4.69, 9.17) is 11.1 Å². The number of nitrogens with zero attached hydrogens (tertiary/aromatic N) is 3. The van der Waals surface area contributed by atoms with E-state index in [-0.39, 0.29) is 11.7 Å². The lowest BCUT2D eigenvalue weighted by Gasteiger charge is -2.11. The molecule has 2 aromatic heterocycles. The Bertz CT molecular complexity index is 1170. The molecule has 2 heterocycles. The summed E-state index contributed by atoms with van der Waals surface area (Å²) in [6.07, 6.45) is 7.18. The van der Waals surface area contributed by atoms with Crippen molar-refractivity contribution in [2.75, 3.05) is 5.32 Å². The number of rotatable bonds is 5. The van der Waals surface area contributed by atoms with Gasteiger partial charge >= 0.3 is 0 Å². The zero-order valence-electron chi connectivity index (χ0n) is 15.8. The molecule has 29 heavy (non-hydrogen) atoms. The highest BCUT2D eigenvalue weighted by molar-refractivity contribution is 6.04. The van der Waals surface area contributed by atoms with Gasteiger partial charge in [-0.3, -0.25) is 10.2 Å². The summed E-state index contributed by atoms with van der Waals surface area (Å²) in [5.74, 6) is -0.235. The molecule has 0 spiro atoms. The third kappa shape index (κ3) is 3.79. The third-order valence-electron chi connectivity index (χ3n) is 4.55. The second kappa shape index (κ2) is 7.47. The SMILES string of the molecule is Cc1cc(C(=O)Nc2ccc(-n3ccnc3)cc2)n(-c2cccc(C(=N)N)c2)c1. The fourth-order valence-corrected chi connectivity index (χ4v) is 3.13. The molecule has 0 radical (unpaired) electrons. The van der Waals surface area contributed by atoms with Gasteiger partial charge in [-0.2, -0.15) is 0 Å². The van der Waals surface area contributed by atoms with Crippen molar-refractivity contribution in [1.82, 2.24) is 14.1 Å². The summed E-state index contributed by atoms with van der Waals surface area (Å²) in [5.41, 5.74) is 10.1. The van der Waals surface area contributed by atoms with Crippen LogP contribution < -0.4 is 11.1 Å². The number of amides is 1. The number of aryl methyl sites for hydroxylation is 1. The zero-order chi connectivity index (χ0) is 20.4. The minimum absolute atomic E-state index is 0.0142. The van der Waals surface area contributed by atoms with E-state index in [2.05, 4.69) is 10.3 Å². The summed E-state index contributed by atoms with van der Waals surface area (Å²) in [7, 11) is 0. The molecule has 4 aromatic rings. The van der Waals surface area contributed by atoms with Crippen LogP contribution in [0.2, 0.25) is 0 Å². The average molecular weight is 384 g/mol. The van der Waals surface area contributed by atoms with Crippen LogP contribution in [0.4, 0.5) is 5.69 Å². The molecular formula is C22H20N6O. The molecule has 0 atom stereocenters. The lowest BCUT2D eigenvalue weighted by molar-refractivity contribution is 0.102. The highest BCUT2D eigenvalue weighted by atomic mass is 16.1. The standard InChI is InChI=1S/C22H20N6O/c1-15-11-20(28(13-15)19-4-2-3-16(12-19)21(23)24)22(29)26-17-5-7-18(8-6-17)27-10-9-25-14-27/h2-14H,1H3,(H3,23,24)(H,26,29). The summed E-state index contributed by atoms with van der Waals surface area (Å²) < 4.78 is 3.69. The molecule has 144 valence electrons. The Labute approximate surface area is 167 Å². The van der Waals surface area contributed by atoms with Crippen molar-refractivity contribution in [3.8, 4) is 11.4 Å².